The summed E-state index contributed by atoms with van der Waals surface area (Å²) in [5.41, 5.74) is 6.04. The first-order valence-corrected chi connectivity index (χ1v) is 7.75. The molecule has 0 aromatic carbocycles. The van der Waals surface area contributed by atoms with E-state index in [2.05, 4.69) is 4.98 Å². The van der Waals surface area contributed by atoms with Gasteiger partial charge in [0.2, 0.25) is 0 Å². The molecular formula is C11H18ClN3OS2. The highest BCUT2D eigenvalue weighted by molar-refractivity contribution is 7.99. The van der Waals surface area contributed by atoms with Crippen LogP contribution < -0.4 is 5.73 Å². The van der Waals surface area contributed by atoms with Gasteiger partial charge in [0.05, 0.1) is 5.01 Å². The van der Waals surface area contributed by atoms with Crippen molar-refractivity contribution in [3.05, 3.63) is 16.1 Å². The van der Waals surface area contributed by atoms with Crippen molar-refractivity contribution in [1.82, 2.24) is 9.88 Å². The van der Waals surface area contributed by atoms with Crippen molar-refractivity contribution >= 4 is 41.4 Å². The molecule has 2 rings (SSSR count). The van der Waals surface area contributed by atoms with E-state index in [-0.39, 0.29) is 18.3 Å². The first-order chi connectivity index (χ1) is 8.22. The van der Waals surface area contributed by atoms with Crippen LogP contribution in [0.1, 0.15) is 21.9 Å². The van der Waals surface area contributed by atoms with Gasteiger partial charge >= 0.3 is 0 Å². The minimum absolute atomic E-state index is 0. The summed E-state index contributed by atoms with van der Waals surface area (Å²) in [5, 5.41) is 2.79. The Morgan fingerprint density at radius 1 is 1.67 bits per heavy atom. The number of aromatic nitrogens is 1. The highest BCUT2D eigenvalue weighted by atomic mass is 35.5. The summed E-state index contributed by atoms with van der Waals surface area (Å²) in [6.45, 7) is 0.580. The van der Waals surface area contributed by atoms with E-state index in [4.69, 9.17) is 5.73 Å². The molecule has 0 bridgehead atoms. The Bertz CT molecular complexity index is 393. The first kappa shape index (κ1) is 15.8. The quantitative estimate of drug-likeness (QED) is 0.919. The number of amides is 1. The van der Waals surface area contributed by atoms with E-state index in [1.807, 2.05) is 29.1 Å². The van der Waals surface area contributed by atoms with E-state index < -0.39 is 0 Å². The fourth-order valence-corrected chi connectivity index (χ4v) is 3.88. The predicted octanol–water partition coefficient (Wildman–Crippen LogP) is 1.64. The number of rotatable bonds is 4. The molecule has 0 aliphatic carbocycles. The number of hydrogen-bond donors (Lipinski definition) is 1. The number of halogens is 1. The molecule has 1 aliphatic heterocycles. The second kappa shape index (κ2) is 7.33. The smallest absolute Gasteiger partial charge is 0.273 e. The van der Waals surface area contributed by atoms with Gasteiger partial charge in [0, 0.05) is 30.6 Å². The lowest BCUT2D eigenvalue weighted by atomic mass is 10.2. The Balaban J connectivity index is 0.00000162. The monoisotopic (exact) mass is 307 g/mol. The van der Waals surface area contributed by atoms with Crippen molar-refractivity contribution < 1.29 is 4.79 Å². The summed E-state index contributed by atoms with van der Waals surface area (Å²) < 4.78 is 0. The van der Waals surface area contributed by atoms with Gasteiger partial charge < -0.3 is 10.6 Å². The van der Waals surface area contributed by atoms with Gasteiger partial charge in [-0.25, -0.2) is 4.98 Å². The minimum atomic E-state index is 0. The molecule has 4 nitrogen and oxygen atoms in total. The fraction of sp³-hybridized carbons (Fsp3) is 0.636. The number of thioether (sulfide) groups is 1. The van der Waals surface area contributed by atoms with Gasteiger partial charge in [-0.1, -0.05) is 0 Å². The van der Waals surface area contributed by atoms with Crippen LogP contribution in [0, 0.1) is 0 Å². The van der Waals surface area contributed by atoms with Crippen LogP contribution in [-0.2, 0) is 6.42 Å². The van der Waals surface area contributed by atoms with Gasteiger partial charge in [-0.05, 0) is 18.7 Å². The van der Waals surface area contributed by atoms with Crippen LogP contribution in [0.5, 0.6) is 0 Å². The maximum Gasteiger partial charge on any atom is 0.273 e. The Kier molecular flexibility index (Phi) is 6.42. The van der Waals surface area contributed by atoms with E-state index >= 15 is 0 Å². The molecule has 1 atom stereocenters. The third kappa shape index (κ3) is 3.60. The summed E-state index contributed by atoms with van der Waals surface area (Å²) in [7, 11) is 1.88. The van der Waals surface area contributed by atoms with Crippen LogP contribution in [0.15, 0.2) is 5.38 Å². The molecular weight excluding hydrogens is 290 g/mol. The lowest BCUT2D eigenvalue weighted by Gasteiger charge is -2.22. The summed E-state index contributed by atoms with van der Waals surface area (Å²) >= 11 is 3.43. The maximum atomic E-state index is 12.2. The Morgan fingerprint density at radius 2 is 2.44 bits per heavy atom. The number of hydrogen-bond acceptors (Lipinski definition) is 5. The second-order valence-corrected chi connectivity index (χ2v) is 6.19. The minimum Gasteiger partial charge on any atom is -0.337 e. The molecule has 7 heteroatoms. The third-order valence-corrected chi connectivity index (χ3v) is 4.96. The lowest BCUT2D eigenvalue weighted by Crippen LogP contribution is -2.37. The molecule has 1 aromatic rings. The van der Waals surface area contributed by atoms with Crippen molar-refractivity contribution in [2.24, 2.45) is 5.73 Å². The zero-order chi connectivity index (χ0) is 12.3. The molecule has 1 amide bonds. The zero-order valence-corrected chi connectivity index (χ0v) is 12.7. The van der Waals surface area contributed by atoms with E-state index in [0.717, 1.165) is 29.4 Å². The van der Waals surface area contributed by atoms with Crippen molar-refractivity contribution in [1.29, 1.82) is 0 Å². The van der Waals surface area contributed by atoms with Crippen molar-refractivity contribution in [3.8, 4) is 0 Å². The van der Waals surface area contributed by atoms with Crippen molar-refractivity contribution in [2.75, 3.05) is 25.1 Å². The van der Waals surface area contributed by atoms with Crippen LogP contribution in [-0.4, -0.2) is 46.9 Å². The van der Waals surface area contributed by atoms with E-state index in [1.165, 1.54) is 11.3 Å². The predicted molar refractivity (Wildman–Crippen MR) is 79.9 cm³/mol. The highest BCUT2D eigenvalue weighted by Crippen LogP contribution is 2.23. The molecule has 0 spiro atoms. The van der Waals surface area contributed by atoms with Gasteiger partial charge in [0.25, 0.3) is 5.91 Å². The van der Waals surface area contributed by atoms with Crippen molar-refractivity contribution in [3.63, 3.8) is 0 Å². The highest BCUT2D eigenvalue weighted by Gasteiger charge is 2.25. The molecule has 18 heavy (non-hydrogen) atoms. The summed E-state index contributed by atoms with van der Waals surface area (Å²) in [6.07, 6.45) is 1.84. The average molecular weight is 308 g/mol. The van der Waals surface area contributed by atoms with Gasteiger partial charge in [-0.3, -0.25) is 4.79 Å². The number of nitrogens with two attached hydrogens (primary N) is 1. The van der Waals surface area contributed by atoms with Gasteiger partial charge in [0.1, 0.15) is 5.69 Å². The van der Waals surface area contributed by atoms with Crippen LogP contribution in [0.4, 0.5) is 0 Å². The molecule has 0 saturated carbocycles. The standard InChI is InChI=1S/C11H17N3OS2.ClH/c1-14(8-3-5-16-6-8)11(15)9-7-17-10(13-9)2-4-12;/h7-8H,2-6,12H2,1H3;1H. The zero-order valence-electron chi connectivity index (χ0n) is 10.3. The fourth-order valence-electron chi connectivity index (χ4n) is 1.82. The Labute approximate surface area is 122 Å². The van der Waals surface area contributed by atoms with Gasteiger partial charge in [0.15, 0.2) is 0 Å². The molecule has 1 saturated heterocycles. The van der Waals surface area contributed by atoms with E-state index in [9.17, 15) is 4.79 Å². The SMILES string of the molecule is CN(C(=O)c1csc(CCN)n1)C1CCSC1.Cl. The van der Waals surface area contributed by atoms with Crippen molar-refractivity contribution in [2.45, 2.75) is 18.9 Å². The number of thiazole rings is 1. The summed E-state index contributed by atoms with van der Waals surface area (Å²) in [4.78, 5) is 18.3. The molecule has 2 N–H and O–H groups in total. The number of nitrogens with zero attached hydrogens (tertiary/aromatic N) is 2. The maximum absolute atomic E-state index is 12.2. The van der Waals surface area contributed by atoms with Gasteiger partial charge in [-0.2, -0.15) is 11.8 Å². The Hall–Kier alpha value is -0.300. The second-order valence-electron chi connectivity index (χ2n) is 4.10. The normalized spacial score (nSPS) is 18.4. The molecule has 1 aromatic heterocycles. The molecule has 1 aliphatic rings. The Morgan fingerprint density at radius 3 is 3.06 bits per heavy atom. The molecule has 2 heterocycles. The largest absolute Gasteiger partial charge is 0.337 e. The average Bonchev–Trinajstić information content (AvgIpc) is 2.98. The topological polar surface area (TPSA) is 59.2 Å². The molecule has 1 unspecified atom stereocenters. The van der Waals surface area contributed by atoms with Crippen LogP contribution >= 0.6 is 35.5 Å². The van der Waals surface area contributed by atoms with Crippen LogP contribution in [0.3, 0.4) is 0 Å². The molecule has 0 radical (unpaired) electrons. The number of carbonyl (C=O) groups excluding carboxylic acids is 1. The number of carbonyl (C=O) groups is 1. The van der Waals surface area contributed by atoms with E-state index in [1.54, 1.807) is 0 Å². The first-order valence-electron chi connectivity index (χ1n) is 5.71. The van der Waals surface area contributed by atoms with Crippen LogP contribution in [0.2, 0.25) is 0 Å². The van der Waals surface area contributed by atoms with Crippen LogP contribution in [0.25, 0.3) is 0 Å². The third-order valence-electron chi connectivity index (χ3n) is 2.90. The van der Waals surface area contributed by atoms with Gasteiger partial charge in [-0.15, -0.1) is 23.7 Å². The molecule has 1 fully saturated rings. The van der Waals surface area contributed by atoms with E-state index in [0.29, 0.717) is 18.3 Å². The lowest BCUT2D eigenvalue weighted by molar-refractivity contribution is 0.0742. The summed E-state index contributed by atoms with van der Waals surface area (Å²) in [5.74, 6) is 2.23. The molecule has 102 valence electrons. The summed E-state index contributed by atoms with van der Waals surface area (Å²) in [6, 6.07) is 0.368.